The summed E-state index contributed by atoms with van der Waals surface area (Å²) < 4.78 is 6.52. The molecule has 3 rings (SSSR count). The van der Waals surface area contributed by atoms with Crippen molar-refractivity contribution in [1.29, 1.82) is 0 Å². The Hall–Kier alpha value is -1.73. The minimum absolute atomic E-state index is 0.000142. The maximum absolute atomic E-state index is 13.0. The van der Waals surface area contributed by atoms with Gasteiger partial charge in [0.15, 0.2) is 5.16 Å². The second-order valence-electron chi connectivity index (χ2n) is 6.28. The zero-order valence-corrected chi connectivity index (χ0v) is 16.7. The Labute approximate surface area is 161 Å². The van der Waals surface area contributed by atoms with E-state index in [0.29, 0.717) is 17.0 Å². The average Bonchev–Trinajstić information content (AvgIpc) is 3.02. The number of hydrogen-bond acceptors (Lipinski definition) is 6. The van der Waals surface area contributed by atoms with E-state index in [2.05, 4.69) is 6.92 Å². The van der Waals surface area contributed by atoms with Gasteiger partial charge in [-0.1, -0.05) is 49.0 Å². The molecule has 1 aromatic heterocycles. The van der Waals surface area contributed by atoms with Gasteiger partial charge in [-0.25, -0.2) is 4.98 Å². The maximum Gasteiger partial charge on any atom is 0.318 e. The van der Waals surface area contributed by atoms with Gasteiger partial charge in [-0.3, -0.25) is 14.2 Å². The number of aryl methyl sites for hydroxylation is 1. The molecule has 0 saturated heterocycles. The fourth-order valence-electron chi connectivity index (χ4n) is 2.88. The van der Waals surface area contributed by atoms with E-state index >= 15 is 0 Å². The summed E-state index contributed by atoms with van der Waals surface area (Å²) in [6.07, 6.45) is 1.52. The fraction of sp³-hybridized carbons (Fsp3) is 0.421. The van der Waals surface area contributed by atoms with Gasteiger partial charge in [0.2, 0.25) is 0 Å². The highest BCUT2D eigenvalue weighted by Gasteiger charge is 2.27. The topological polar surface area (TPSA) is 61.2 Å². The van der Waals surface area contributed by atoms with Gasteiger partial charge in [0.1, 0.15) is 5.25 Å². The maximum atomic E-state index is 13.0. The lowest BCUT2D eigenvalue weighted by Gasteiger charge is -2.15. The second-order valence-corrected chi connectivity index (χ2v) is 9.04. The molecule has 2 atom stereocenters. The number of carbonyl (C=O) groups excluding carboxylic acids is 1. The number of esters is 1. The zero-order chi connectivity index (χ0) is 18.7. The van der Waals surface area contributed by atoms with E-state index in [1.807, 2.05) is 30.3 Å². The average molecular weight is 391 g/mol. The van der Waals surface area contributed by atoms with Gasteiger partial charge in [0.05, 0.1) is 17.7 Å². The third-order valence-electron chi connectivity index (χ3n) is 4.25. The summed E-state index contributed by atoms with van der Waals surface area (Å²) >= 11 is 2.88. The Bertz CT molecular complexity index is 852. The first-order chi connectivity index (χ1) is 12.5. The number of ether oxygens (including phenoxy) is 1. The van der Waals surface area contributed by atoms with Crippen molar-refractivity contribution in [3.63, 3.8) is 0 Å². The van der Waals surface area contributed by atoms with Gasteiger partial charge in [-0.2, -0.15) is 0 Å². The Morgan fingerprint density at radius 1 is 1.42 bits per heavy atom. The Balaban J connectivity index is 1.93. The first kappa shape index (κ1) is 19.0. The van der Waals surface area contributed by atoms with Gasteiger partial charge >= 0.3 is 5.97 Å². The van der Waals surface area contributed by atoms with Crippen LogP contribution in [-0.2, 0) is 28.9 Å². The summed E-state index contributed by atoms with van der Waals surface area (Å²) in [7, 11) is 1.37. The van der Waals surface area contributed by atoms with Gasteiger partial charge < -0.3 is 4.74 Å². The quantitative estimate of drug-likeness (QED) is 0.429. The lowest BCUT2D eigenvalue weighted by atomic mass is 10.1. The highest BCUT2D eigenvalue weighted by Crippen LogP contribution is 2.34. The van der Waals surface area contributed by atoms with Gasteiger partial charge in [0, 0.05) is 18.2 Å². The molecular weight excluding hydrogens is 368 g/mol. The Kier molecular flexibility index (Phi) is 6.09. The van der Waals surface area contributed by atoms with E-state index in [1.165, 1.54) is 18.9 Å². The molecule has 0 spiro atoms. The Morgan fingerprint density at radius 3 is 2.85 bits per heavy atom. The van der Waals surface area contributed by atoms with E-state index in [0.717, 1.165) is 29.0 Å². The van der Waals surface area contributed by atoms with Crippen LogP contribution in [0.25, 0.3) is 0 Å². The molecule has 0 amide bonds. The van der Waals surface area contributed by atoms with Crippen molar-refractivity contribution in [2.45, 2.75) is 53.8 Å². The van der Waals surface area contributed by atoms with Crippen LogP contribution in [0.5, 0.6) is 0 Å². The SMILES string of the molecule is COC(=O)C(C)Sc1nc2c(c(=O)n1CCc1ccccc1)SC(C)C2. The molecule has 0 aliphatic carbocycles. The number of carbonyl (C=O) groups is 1. The predicted molar refractivity (Wildman–Crippen MR) is 105 cm³/mol. The van der Waals surface area contributed by atoms with Gasteiger partial charge in [-0.05, 0) is 18.9 Å². The van der Waals surface area contributed by atoms with Crippen molar-refractivity contribution in [3.8, 4) is 0 Å². The molecule has 0 N–H and O–H groups in total. The van der Waals surface area contributed by atoms with E-state index in [4.69, 9.17) is 9.72 Å². The van der Waals surface area contributed by atoms with E-state index in [9.17, 15) is 9.59 Å². The molecule has 0 fully saturated rings. The smallest absolute Gasteiger partial charge is 0.318 e. The largest absolute Gasteiger partial charge is 0.468 e. The monoisotopic (exact) mass is 390 g/mol. The third-order valence-corrected chi connectivity index (χ3v) is 6.53. The molecule has 0 saturated carbocycles. The predicted octanol–water partition coefficient (Wildman–Crippen LogP) is 3.18. The van der Waals surface area contributed by atoms with Crippen LogP contribution in [0.1, 0.15) is 25.1 Å². The first-order valence-electron chi connectivity index (χ1n) is 8.58. The molecule has 2 aromatic rings. The lowest BCUT2D eigenvalue weighted by molar-refractivity contribution is -0.139. The van der Waals surface area contributed by atoms with E-state index < -0.39 is 5.25 Å². The molecule has 1 aromatic carbocycles. The van der Waals surface area contributed by atoms with Crippen LogP contribution in [0, 0.1) is 0 Å². The van der Waals surface area contributed by atoms with Crippen molar-refractivity contribution < 1.29 is 9.53 Å². The lowest BCUT2D eigenvalue weighted by Crippen LogP contribution is -2.27. The number of nitrogens with zero attached hydrogens (tertiary/aromatic N) is 2. The number of benzene rings is 1. The van der Waals surface area contributed by atoms with Crippen LogP contribution in [0.3, 0.4) is 0 Å². The molecule has 26 heavy (non-hydrogen) atoms. The molecule has 7 heteroatoms. The molecule has 1 aliphatic rings. The van der Waals surface area contributed by atoms with Crippen molar-refractivity contribution in [1.82, 2.24) is 9.55 Å². The summed E-state index contributed by atoms with van der Waals surface area (Å²) in [6, 6.07) is 10.1. The first-order valence-corrected chi connectivity index (χ1v) is 10.3. The summed E-state index contributed by atoms with van der Waals surface area (Å²) in [4.78, 5) is 30.3. The van der Waals surface area contributed by atoms with Gasteiger partial charge in [0.25, 0.3) is 5.56 Å². The van der Waals surface area contributed by atoms with E-state index in [-0.39, 0.29) is 11.5 Å². The number of hydrogen-bond donors (Lipinski definition) is 0. The second kappa shape index (κ2) is 8.31. The summed E-state index contributed by atoms with van der Waals surface area (Å²) in [6.45, 7) is 4.41. The molecule has 5 nitrogen and oxygen atoms in total. The van der Waals surface area contributed by atoms with E-state index in [1.54, 1.807) is 23.3 Å². The molecule has 0 bridgehead atoms. The number of methoxy groups -OCH3 is 1. The minimum Gasteiger partial charge on any atom is -0.468 e. The zero-order valence-electron chi connectivity index (χ0n) is 15.1. The van der Waals surface area contributed by atoms with Crippen LogP contribution in [0.15, 0.2) is 45.2 Å². The number of rotatable bonds is 6. The number of aromatic nitrogens is 2. The highest BCUT2D eigenvalue weighted by molar-refractivity contribution is 8.00. The van der Waals surface area contributed by atoms with Crippen molar-refractivity contribution in [2.75, 3.05) is 7.11 Å². The number of fused-ring (bicyclic) bond motifs is 1. The summed E-state index contributed by atoms with van der Waals surface area (Å²) in [5.74, 6) is -0.318. The van der Waals surface area contributed by atoms with Crippen molar-refractivity contribution in [2.24, 2.45) is 0 Å². The molecule has 1 aliphatic heterocycles. The van der Waals surface area contributed by atoms with Crippen molar-refractivity contribution >= 4 is 29.5 Å². The molecule has 0 radical (unpaired) electrons. The van der Waals surface area contributed by atoms with Crippen LogP contribution < -0.4 is 5.56 Å². The molecule has 2 heterocycles. The standard InChI is InChI=1S/C19H22N2O3S2/c1-12-11-15-16(25-12)17(22)21(10-9-14-7-5-4-6-8-14)19(20-15)26-13(2)18(23)24-3/h4-8,12-13H,9-11H2,1-3H3. The summed E-state index contributed by atoms with van der Waals surface area (Å²) in [5, 5.41) is 0.530. The van der Waals surface area contributed by atoms with Crippen LogP contribution >= 0.6 is 23.5 Å². The van der Waals surface area contributed by atoms with Crippen LogP contribution in [-0.4, -0.2) is 33.1 Å². The molecule has 2 unspecified atom stereocenters. The molecule has 138 valence electrons. The van der Waals surface area contributed by atoms with Crippen LogP contribution in [0.4, 0.5) is 0 Å². The minimum atomic E-state index is -0.417. The highest BCUT2D eigenvalue weighted by atomic mass is 32.2. The molecular formula is C19H22N2O3S2. The number of thioether (sulfide) groups is 2. The Morgan fingerprint density at radius 2 is 2.15 bits per heavy atom. The normalized spacial score (nSPS) is 17.0. The fourth-order valence-corrected chi connectivity index (χ4v) is 4.97. The van der Waals surface area contributed by atoms with Gasteiger partial charge in [-0.15, -0.1) is 11.8 Å². The third kappa shape index (κ3) is 4.15. The summed E-state index contributed by atoms with van der Waals surface area (Å²) in [5.41, 5.74) is 2.01. The van der Waals surface area contributed by atoms with Crippen molar-refractivity contribution in [3.05, 3.63) is 51.9 Å². The van der Waals surface area contributed by atoms with Crippen LogP contribution in [0.2, 0.25) is 0 Å².